The first-order chi connectivity index (χ1) is 17.0. The Morgan fingerprint density at radius 2 is 1.39 bits per heavy atom. The molecule has 1 saturated heterocycles. The average molecular weight is 539 g/mol. The lowest BCUT2D eigenvalue weighted by atomic mass is 10.1. The predicted octanol–water partition coefficient (Wildman–Crippen LogP) is 1.48. The fourth-order valence-electron chi connectivity index (χ4n) is 3.76. The molecule has 2 aliphatic heterocycles. The summed E-state index contributed by atoms with van der Waals surface area (Å²) in [5.74, 6) is -0.376. The summed E-state index contributed by atoms with van der Waals surface area (Å²) in [6.07, 6.45) is 3.49. The molecule has 2 aliphatic rings. The minimum atomic E-state index is -4.83. The maximum atomic E-state index is 11.5. The van der Waals surface area contributed by atoms with Crippen LogP contribution in [0.3, 0.4) is 0 Å². The maximum Gasteiger partial charge on any atom is 0.296 e. The molecule has 0 aromatic heterocycles. The highest BCUT2D eigenvalue weighted by atomic mass is 32.2. The van der Waals surface area contributed by atoms with Gasteiger partial charge in [-0.15, -0.1) is 0 Å². The Balaban J connectivity index is 0.000000205. The Morgan fingerprint density at radius 3 is 1.94 bits per heavy atom. The highest BCUT2D eigenvalue weighted by Crippen LogP contribution is 2.32. The van der Waals surface area contributed by atoms with Crippen molar-refractivity contribution in [2.75, 3.05) is 39.4 Å². The van der Waals surface area contributed by atoms with Gasteiger partial charge in [-0.1, -0.05) is 42.5 Å². The van der Waals surface area contributed by atoms with Crippen LogP contribution in [-0.4, -0.2) is 86.9 Å². The zero-order chi connectivity index (χ0) is 26.3. The molecule has 4 rings (SSSR count). The van der Waals surface area contributed by atoms with Gasteiger partial charge < -0.3 is 4.74 Å². The number of carbonyl (C=O) groups is 2. The number of benzene rings is 2. The lowest BCUT2D eigenvalue weighted by molar-refractivity contribution is -0.136. The zero-order valence-corrected chi connectivity index (χ0v) is 20.8. The molecule has 2 amide bonds. The van der Waals surface area contributed by atoms with Crippen LogP contribution in [0.15, 0.2) is 70.5 Å². The summed E-state index contributed by atoms with van der Waals surface area (Å²) in [4.78, 5) is 24.4. The third-order valence-electron chi connectivity index (χ3n) is 5.46. The van der Waals surface area contributed by atoms with Gasteiger partial charge in [-0.05, 0) is 18.1 Å². The summed E-state index contributed by atoms with van der Waals surface area (Å²) < 4.78 is 69.1. The molecule has 2 heterocycles. The van der Waals surface area contributed by atoms with E-state index < -0.39 is 30.0 Å². The summed E-state index contributed by atoms with van der Waals surface area (Å²) in [7, 11) is -9.62. The Hall–Kier alpha value is -2.94. The standard InChI is InChI=1S/C12H10O6S2.C11H16N2O3/c13-19(14,15)11-8-4-7-10(12(11)20(16,17)18)9-5-2-1-3-6-9;14-10-2-3-11(15)13(10)5-1-4-12-6-8-16-9-7-12/h1-8H,(H,13,14,15)(H,16,17,18);2-3H,1,4-9H2. The minimum Gasteiger partial charge on any atom is -0.379 e. The number of ether oxygens (including phenoxy) is 1. The van der Waals surface area contributed by atoms with Crippen molar-refractivity contribution in [3.63, 3.8) is 0 Å². The third-order valence-corrected chi connectivity index (χ3v) is 7.44. The minimum absolute atomic E-state index is 0.0109. The average Bonchev–Trinajstić information content (AvgIpc) is 3.16. The van der Waals surface area contributed by atoms with E-state index in [9.17, 15) is 31.0 Å². The summed E-state index contributed by atoms with van der Waals surface area (Å²) >= 11 is 0. The first-order valence-corrected chi connectivity index (χ1v) is 13.8. The molecule has 0 atom stereocenters. The van der Waals surface area contributed by atoms with E-state index in [1.807, 2.05) is 0 Å². The van der Waals surface area contributed by atoms with Crippen molar-refractivity contribution in [2.24, 2.45) is 0 Å². The van der Waals surface area contributed by atoms with Crippen LogP contribution in [0.1, 0.15) is 6.42 Å². The van der Waals surface area contributed by atoms with Crippen molar-refractivity contribution in [3.05, 3.63) is 60.7 Å². The van der Waals surface area contributed by atoms with E-state index in [1.54, 1.807) is 30.3 Å². The van der Waals surface area contributed by atoms with E-state index >= 15 is 0 Å². The highest BCUT2D eigenvalue weighted by Gasteiger charge is 2.27. The normalized spacial score (nSPS) is 16.7. The van der Waals surface area contributed by atoms with Crippen molar-refractivity contribution >= 4 is 32.1 Å². The zero-order valence-electron chi connectivity index (χ0n) is 19.2. The molecule has 0 radical (unpaired) electrons. The summed E-state index contributed by atoms with van der Waals surface area (Å²) in [6.45, 7) is 4.88. The van der Waals surface area contributed by atoms with Crippen LogP contribution < -0.4 is 0 Å². The van der Waals surface area contributed by atoms with E-state index in [0.717, 1.165) is 45.3 Å². The molecule has 0 aliphatic carbocycles. The molecular formula is C23H26N2O9S2. The second-order valence-electron chi connectivity index (χ2n) is 7.92. The summed E-state index contributed by atoms with van der Waals surface area (Å²) in [6, 6.07) is 11.6. The molecule has 0 unspecified atom stereocenters. The SMILES string of the molecule is O=C1C=CC(=O)N1CCCN1CCOCC1.O=S(=O)(O)c1cccc(-c2ccccc2)c1S(=O)(=O)O. The Labute approximate surface area is 209 Å². The fourth-order valence-corrected chi connectivity index (χ4v) is 5.77. The molecule has 2 aromatic rings. The van der Waals surface area contributed by atoms with Crippen LogP contribution in [-0.2, 0) is 34.6 Å². The molecule has 0 bridgehead atoms. The number of imide groups is 1. The largest absolute Gasteiger partial charge is 0.379 e. The first kappa shape index (κ1) is 27.6. The molecule has 0 saturated carbocycles. The van der Waals surface area contributed by atoms with Gasteiger partial charge in [0.2, 0.25) is 0 Å². The molecule has 2 N–H and O–H groups in total. The molecule has 0 spiro atoms. The Morgan fingerprint density at radius 1 is 0.778 bits per heavy atom. The van der Waals surface area contributed by atoms with Crippen molar-refractivity contribution in [2.45, 2.75) is 16.2 Å². The van der Waals surface area contributed by atoms with E-state index in [0.29, 0.717) is 12.1 Å². The first-order valence-electron chi connectivity index (χ1n) is 11.0. The number of carbonyl (C=O) groups excluding carboxylic acids is 2. The Kier molecular flexibility index (Phi) is 9.11. The lowest BCUT2D eigenvalue weighted by Crippen LogP contribution is -2.39. The quantitative estimate of drug-likeness (QED) is 0.391. The molecule has 36 heavy (non-hydrogen) atoms. The Bertz CT molecular complexity index is 1320. The fraction of sp³-hybridized carbons (Fsp3) is 0.304. The van der Waals surface area contributed by atoms with Gasteiger partial charge in [-0.3, -0.25) is 28.5 Å². The van der Waals surface area contributed by atoms with Crippen LogP contribution in [0, 0.1) is 0 Å². The van der Waals surface area contributed by atoms with Gasteiger partial charge in [-0.25, -0.2) is 0 Å². The van der Waals surface area contributed by atoms with E-state index in [4.69, 9.17) is 9.29 Å². The van der Waals surface area contributed by atoms with E-state index in [-0.39, 0.29) is 17.4 Å². The van der Waals surface area contributed by atoms with Gasteiger partial charge in [0, 0.05) is 43.9 Å². The van der Waals surface area contributed by atoms with Gasteiger partial charge in [0.05, 0.1) is 13.2 Å². The second kappa shape index (κ2) is 11.9. The number of morpholine rings is 1. The molecule has 2 aromatic carbocycles. The number of hydrogen-bond donors (Lipinski definition) is 2. The summed E-state index contributed by atoms with van der Waals surface area (Å²) in [5.41, 5.74) is 0.383. The predicted molar refractivity (Wildman–Crippen MR) is 129 cm³/mol. The third kappa shape index (κ3) is 7.29. The number of hydrogen-bond acceptors (Lipinski definition) is 8. The van der Waals surface area contributed by atoms with Crippen LogP contribution in [0.5, 0.6) is 0 Å². The monoisotopic (exact) mass is 538 g/mol. The molecule has 13 heteroatoms. The van der Waals surface area contributed by atoms with Gasteiger partial charge in [0.15, 0.2) is 0 Å². The van der Waals surface area contributed by atoms with Gasteiger partial charge in [0.1, 0.15) is 9.79 Å². The van der Waals surface area contributed by atoms with Crippen LogP contribution >= 0.6 is 0 Å². The van der Waals surface area contributed by atoms with Gasteiger partial charge >= 0.3 is 0 Å². The number of nitrogens with zero attached hydrogens (tertiary/aromatic N) is 2. The van der Waals surface area contributed by atoms with Gasteiger partial charge in [-0.2, -0.15) is 16.8 Å². The lowest BCUT2D eigenvalue weighted by Gasteiger charge is -2.27. The topological polar surface area (TPSA) is 159 Å². The van der Waals surface area contributed by atoms with Crippen LogP contribution in [0.25, 0.3) is 11.1 Å². The van der Waals surface area contributed by atoms with E-state index in [1.165, 1.54) is 29.2 Å². The highest BCUT2D eigenvalue weighted by molar-refractivity contribution is 7.89. The van der Waals surface area contributed by atoms with Crippen LogP contribution in [0.4, 0.5) is 0 Å². The second-order valence-corrected chi connectivity index (χ2v) is 10.7. The number of amides is 2. The molecule has 11 nitrogen and oxygen atoms in total. The molecule has 1 fully saturated rings. The smallest absolute Gasteiger partial charge is 0.296 e. The van der Waals surface area contributed by atoms with Crippen molar-refractivity contribution in [3.8, 4) is 11.1 Å². The molecular weight excluding hydrogens is 512 g/mol. The molecule has 194 valence electrons. The van der Waals surface area contributed by atoms with Crippen LogP contribution in [0.2, 0.25) is 0 Å². The van der Waals surface area contributed by atoms with Crippen molar-refractivity contribution < 1.29 is 40.3 Å². The maximum absolute atomic E-state index is 11.5. The van der Waals surface area contributed by atoms with Crippen molar-refractivity contribution in [1.29, 1.82) is 0 Å². The number of rotatable bonds is 7. The summed E-state index contributed by atoms with van der Waals surface area (Å²) in [5, 5.41) is 0. The van der Waals surface area contributed by atoms with E-state index in [2.05, 4.69) is 4.90 Å². The van der Waals surface area contributed by atoms with Crippen molar-refractivity contribution in [1.82, 2.24) is 9.80 Å². The van der Waals surface area contributed by atoms with Gasteiger partial charge in [0.25, 0.3) is 32.1 Å².